The van der Waals surface area contributed by atoms with Crippen LogP contribution < -0.4 is 10.6 Å². The second-order valence-corrected chi connectivity index (χ2v) is 14.0. The molecule has 0 bridgehead atoms. The fourth-order valence-electron chi connectivity index (χ4n) is 4.60. The molecule has 4 rings (SSSR count). The highest BCUT2D eigenvalue weighted by molar-refractivity contribution is 8.00. The van der Waals surface area contributed by atoms with Crippen LogP contribution in [-0.4, -0.2) is 26.7 Å². The van der Waals surface area contributed by atoms with Crippen LogP contribution >= 0.6 is 27.6 Å². The molecule has 0 saturated heterocycles. The van der Waals surface area contributed by atoms with E-state index in [0.29, 0.717) is 0 Å². The predicted molar refractivity (Wildman–Crippen MR) is 127 cm³/mol. The molecule has 0 spiro atoms. The summed E-state index contributed by atoms with van der Waals surface area (Å²) in [5.74, 6) is 0. The van der Waals surface area contributed by atoms with E-state index in [-0.39, 0.29) is 15.8 Å². The molecule has 0 unspecified atom stereocenters. The highest BCUT2D eigenvalue weighted by atomic mass is 32.2. The van der Waals surface area contributed by atoms with E-state index in [1.165, 1.54) is 51.4 Å². The van der Waals surface area contributed by atoms with E-state index in [2.05, 4.69) is 62.7 Å². The lowest BCUT2D eigenvalue weighted by atomic mass is 9.91. The first-order chi connectivity index (χ1) is 13.1. The van der Waals surface area contributed by atoms with E-state index in [4.69, 9.17) is 0 Å². The van der Waals surface area contributed by atoms with Crippen LogP contribution in [0.25, 0.3) is 0 Å². The van der Waals surface area contributed by atoms with Crippen molar-refractivity contribution in [2.24, 2.45) is 0 Å². The molecule has 0 saturated carbocycles. The fourth-order valence-corrected chi connectivity index (χ4v) is 9.06. The molecule has 2 aromatic carbocycles. The van der Waals surface area contributed by atoms with Gasteiger partial charge in [0.2, 0.25) is 0 Å². The number of rotatable bonds is 4. The second kappa shape index (κ2) is 8.57. The number of aryl methyl sites for hydroxylation is 2. The third kappa shape index (κ3) is 4.03. The van der Waals surface area contributed by atoms with Crippen molar-refractivity contribution >= 4 is 38.2 Å². The minimum absolute atomic E-state index is 0.0795. The zero-order valence-corrected chi connectivity index (χ0v) is 19.9. The summed E-state index contributed by atoms with van der Waals surface area (Å²) in [7, 11) is -0.159. The van der Waals surface area contributed by atoms with Gasteiger partial charge in [0, 0.05) is 9.79 Å². The van der Waals surface area contributed by atoms with Crippen molar-refractivity contribution in [3.8, 4) is 0 Å². The van der Waals surface area contributed by atoms with Gasteiger partial charge in [0.05, 0.1) is 0 Å². The van der Waals surface area contributed by atoms with Crippen LogP contribution in [0.15, 0.2) is 34.1 Å². The minimum Gasteiger partial charge on any atom is -0.0882 e. The van der Waals surface area contributed by atoms with Gasteiger partial charge in [-0.3, -0.25) is 0 Å². The molecule has 0 N–H and O–H groups in total. The summed E-state index contributed by atoms with van der Waals surface area (Å²) in [5, 5.41) is 3.26. The van der Waals surface area contributed by atoms with Gasteiger partial charge in [-0.05, 0) is 111 Å². The quantitative estimate of drug-likeness (QED) is 0.527. The molecule has 3 heteroatoms. The Morgan fingerprint density at radius 3 is 1.41 bits per heavy atom. The summed E-state index contributed by atoms with van der Waals surface area (Å²) in [6, 6.07) is 9.83. The summed E-state index contributed by atoms with van der Waals surface area (Å²) in [5.41, 5.74) is 6.64. The fraction of sp³-hybridized carbons (Fsp3) is 0.500. The van der Waals surface area contributed by atoms with E-state index in [9.17, 15) is 0 Å². The molecule has 2 aliphatic rings. The van der Waals surface area contributed by atoms with E-state index < -0.39 is 0 Å². The summed E-state index contributed by atoms with van der Waals surface area (Å²) < 4.78 is 0. The standard InChI is InChI=1S/C24H32P2S/c1-25(2)21-15-13-17-9-5-7-11-19(17)23(21)27-24-20-12-8-6-10-18(20)14-16-22(24)26(3)4/h13-16H,5-12H2,1-4H3. The van der Waals surface area contributed by atoms with Crippen LogP contribution in [0.3, 0.4) is 0 Å². The third-order valence-electron chi connectivity index (χ3n) is 6.09. The molecular weight excluding hydrogens is 382 g/mol. The Kier molecular flexibility index (Phi) is 6.33. The smallest absolute Gasteiger partial charge is 0.0234 e. The van der Waals surface area contributed by atoms with E-state index >= 15 is 0 Å². The van der Waals surface area contributed by atoms with Crippen LogP contribution in [0.5, 0.6) is 0 Å². The Morgan fingerprint density at radius 1 is 0.593 bits per heavy atom. The Hall–Kier alpha value is -0.350. The van der Waals surface area contributed by atoms with Gasteiger partial charge in [-0.2, -0.15) is 0 Å². The molecule has 2 aliphatic carbocycles. The normalized spacial score (nSPS) is 16.5. The van der Waals surface area contributed by atoms with Crippen molar-refractivity contribution in [3.63, 3.8) is 0 Å². The minimum atomic E-state index is -0.0795. The second-order valence-electron chi connectivity index (χ2n) is 8.41. The van der Waals surface area contributed by atoms with E-state index in [1.54, 1.807) is 42.7 Å². The lowest BCUT2D eigenvalue weighted by molar-refractivity contribution is 0.674. The van der Waals surface area contributed by atoms with E-state index in [1.807, 2.05) is 0 Å². The van der Waals surface area contributed by atoms with Crippen LogP contribution in [0.1, 0.15) is 47.9 Å². The van der Waals surface area contributed by atoms with Crippen LogP contribution in [0, 0.1) is 0 Å². The molecule has 2 aromatic rings. The Labute approximate surface area is 172 Å². The maximum atomic E-state index is 2.47. The Bertz CT molecular complexity index is 769. The van der Waals surface area contributed by atoms with Crippen LogP contribution in [0.4, 0.5) is 0 Å². The third-order valence-corrected chi connectivity index (χ3v) is 10.4. The van der Waals surface area contributed by atoms with Crippen molar-refractivity contribution in [2.75, 3.05) is 26.7 Å². The zero-order valence-electron chi connectivity index (χ0n) is 17.3. The van der Waals surface area contributed by atoms with Crippen LogP contribution in [-0.2, 0) is 25.7 Å². The zero-order chi connectivity index (χ0) is 19.0. The molecule has 0 aromatic heterocycles. The van der Waals surface area contributed by atoms with Gasteiger partial charge in [0.15, 0.2) is 0 Å². The topological polar surface area (TPSA) is 0 Å². The molecule has 0 nitrogen and oxygen atoms in total. The first-order valence-corrected chi connectivity index (χ1v) is 15.7. The van der Waals surface area contributed by atoms with Gasteiger partial charge in [-0.25, -0.2) is 0 Å². The lowest BCUT2D eigenvalue weighted by Crippen LogP contribution is -2.16. The van der Waals surface area contributed by atoms with Crippen molar-refractivity contribution in [1.82, 2.24) is 0 Å². The van der Waals surface area contributed by atoms with Gasteiger partial charge < -0.3 is 0 Å². The van der Waals surface area contributed by atoms with Crippen molar-refractivity contribution in [1.29, 1.82) is 0 Å². The summed E-state index contributed by atoms with van der Waals surface area (Å²) >= 11 is 2.16. The molecule has 0 atom stereocenters. The average Bonchev–Trinajstić information content (AvgIpc) is 2.68. The molecule has 0 heterocycles. The summed E-state index contributed by atoms with van der Waals surface area (Å²) in [4.78, 5) is 3.28. The molecular formula is C24H32P2S. The van der Waals surface area contributed by atoms with Crippen molar-refractivity contribution < 1.29 is 0 Å². The largest absolute Gasteiger partial charge is 0.0882 e. The molecule has 0 amide bonds. The number of hydrogen-bond donors (Lipinski definition) is 0. The molecule has 144 valence electrons. The molecule has 27 heavy (non-hydrogen) atoms. The van der Waals surface area contributed by atoms with Gasteiger partial charge in [-0.1, -0.05) is 51.9 Å². The number of fused-ring (bicyclic) bond motifs is 2. The first kappa shape index (κ1) is 19.9. The Balaban J connectivity index is 1.87. The lowest BCUT2D eigenvalue weighted by Gasteiger charge is -2.27. The van der Waals surface area contributed by atoms with E-state index in [0.717, 1.165) is 0 Å². The maximum absolute atomic E-state index is 2.47. The average molecular weight is 415 g/mol. The Morgan fingerprint density at radius 2 is 1.00 bits per heavy atom. The van der Waals surface area contributed by atoms with Gasteiger partial charge >= 0.3 is 0 Å². The molecule has 0 radical (unpaired) electrons. The monoisotopic (exact) mass is 414 g/mol. The summed E-state index contributed by atoms with van der Waals surface area (Å²) in [6.45, 7) is 9.71. The van der Waals surface area contributed by atoms with Gasteiger partial charge in [-0.15, -0.1) is 0 Å². The van der Waals surface area contributed by atoms with Gasteiger partial charge in [0.25, 0.3) is 0 Å². The first-order valence-electron chi connectivity index (χ1n) is 10.4. The van der Waals surface area contributed by atoms with Gasteiger partial charge in [0.1, 0.15) is 0 Å². The van der Waals surface area contributed by atoms with Crippen LogP contribution in [0.2, 0.25) is 0 Å². The van der Waals surface area contributed by atoms with Crippen molar-refractivity contribution in [3.05, 3.63) is 46.5 Å². The highest BCUT2D eigenvalue weighted by Crippen LogP contribution is 2.44. The SMILES string of the molecule is CP(C)c1ccc2c(c1Sc1c(P(C)C)ccc3c1CCCC3)CCCC2. The molecule has 0 fully saturated rings. The maximum Gasteiger partial charge on any atom is 0.0234 e. The highest BCUT2D eigenvalue weighted by Gasteiger charge is 2.23. The number of hydrogen-bond acceptors (Lipinski definition) is 1. The summed E-state index contributed by atoms with van der Waals surface area (Å²) in [6.07, 6.45) is 10.6. The van der Waals surface area contributed by atoms with Crippen molar-refractivity contribution in [2.45, 2.75) is 61.2 Å². The predicted octanol–water partition coefficient (Wildman–Crippen LogP) is 6.33. The molecule has 0 aliphatic heterocycles. The number of benzene rings is 2.